The molecule has 0 radical (unpaired) electrons. The first kappa shape index (κ1) is 23.4. The van der Waals surface area contributed by atoms with E-state index in [0.717, 1.165) is 12.8 Å². The molecule has 2 aromatic carbocycles. The van der Waals surface area contributed by atoms with Gasteiger partial charge in [-0.05, 0) is 59.8 Å². The summed E-state index contributed by atoms with van der Waals surface area (Å²) >= 11 is 0. The number of fused-ring (bicyclic) bond motifs is 4. The second-order valence-electron chi connectivity index (χ2n) is 10.1. The third kappa shape index (κ3) is 4.17. The van der Waals surface area contributed by atoms with E-state index in [1.54, 1.807) is 14.0 Å². The molecule has 0 aromatic heterocycles. The number of nitrogens with zero attached hydrogens (tertiary/aromatic N) is 1. The van der Waals surface area contributed by atoms with Crippen LogP contribution in [-0.4, -0.2) is 53.7 Å². The zero-order valence-electron chi connectivity index (χ0n) is 20.1. The fourth-order valence-corrected chi connectivity index (χ4v) is 6.44. The van der Waals surface area contributed by atoms with Crippen LogP contribution in [-0.2, 0) is 14.3 Å². The van der Waals surface area contributed by atoms with Gasteiger partial charge in [-0.15, -0.1) is 0 Å². The second kappa shape index (κ2) is 9.36. The van der Waals surface area contributed by atoms with Crippen LogP contribution < -0.4 is 5.32 Å². The molecule has 0 saturated heterocycles. The Balaban J connectivity index is 1.15. The number of hydrogen-bond donors (Lipinski definition) is 2. The average Bonchev–Trinajstić information content (AvgIpc) is 3.36. The number of carbonyl (C=O) groups excluding carboxylic acids is 2. The molecular formula is C28H32N2O5. The summed E-state index contributed by atoms with van der Waals surface area (Å²) in [4.78, 5) is 38.4. The minimum absolute atomic E-state index is 0.000188. The van der Waals surface area contributed by atoms with Crippen molar-refractivity contribution in [3.8, 4) is 11.1 Å². The van der Waals surface area contributed by atoms with Crippen molar-refractivity contribution in [2.45, 2.75) is 50.6 Å². The van der Waals surface area contributed by atoms with Gasteiger partial charge in [0.05, 0.1) is 0 Å². The Morgan fingerprint density at radius 3 is 2.26 bits per heavy atom. The van der Waals surface area contributed by atoms with Crippen molar-refractivity contribution in [2.75, 3.05) is 13.7 Å². The average molecular weight is 477 g/mol. The normalized spacial score (nSPS) is 25.0. The van der Waals surface area contributed by atoms with Gasteiger partial charge in [0.15, 0.2) is 0 Å². The number of carboxylic acid groups (broad SMARTS) is 1. The Hall–Kier alpha value is -3.35. The molecule has 2 unspecified atom stereocenters. The summed E-state index contributed by atoms with van der Waals surface area (Å²) in [7, 11) is 1.58. The summed E-state index contributed by atoms with van der Waals surface area (Å²) in [5.74, 6) is -0.610. The number of aliphatic carboxylic acids is 1. The highest BCUT2D eigenvalue weighted by atomic mass is 16.5. The summed E-state index contributed by atoms with van der Waals surface area (Å²) in [5.41, 5.74) is 4.74. The highest BCUT2D eigenvalue weighted by Crippen LogP contribution is 2.50. The molecule has 2 aromatic rings. The summed E-state index contributed by atoms with van der Waals surface area (Å²) in [6, 6.07) is 15.7. The van der Waals surface area contributed by atoms with Gasteiger partial charge in [-0.2, -0.15) is 0 Å². The zero-order valence-corrected chi connectivity index (χ0v) is 20.1. The van der Waals surface area contributed by atoms with Gasteiger partial charge in [-0.3, -0.25) is 4.79 Å². The van der Waals surface area contributed by atoms with Crippen LogP contribution in [0.1, 0.15) is 49.7 Å². The van der Waals surface area contributed by atoms with Crippen LogP contribution in [0.4, 0.5) is 4.79 Å². The lowest BCUT2D eigenvalue weighted by Gasteiger charge is -2.40. The Labute approximate surface area is 205 Å². The minimum atomic E-state index is -0.973. The number of amides is 2. The highest BCUT2D eigenvalue weighted by Gasteiger charge is 2.51. The van der Waals surface area contributed by atoms with Crippen molar-refractivity contribution in [3.05, 3.63) is 59.7 Å². The van der Waals surface area contributed by atoms with Gasteiger partial charge in [0.1, 0.15) is 12.6 Å². The van der Waals surface area contributed by atoms with Crippen LogP contribution in [0.2, 0.25) is 0 Å². The quantitative estimate of drug-likeness (QED) is 0.623. The van der Waals surface area contributed by atoms with Gasteiger partial charge in [0.25, 0.3) is 0 Å². The molecule has 184 valence electrons. The predicted octanol–water partition coefficient (Wildman–Crippen LogP) is 4.26. The Morgan fingerprint density at radius 1 is 1.03 bits per heavy atom. The Morgan fingerprint density at radius 2 is 1.66 bits per heavy atom. The standard InChI is InChI=1S/C28H32N2O5/c1-3-25(27(32)33)30(2)26(31)17-12-16-14-24(22(16)13-17)29-28(34)35-15-23-20-10-6-4-8-18(20)19-9-5-7-11-21(19)23/h4-11,16-17,22-25H,3,12-15H2,1-2H3,(H,29,34)(H,32,33)/t16-,17?,22-,24+,25?/m0/s1. The van der Waals surface area contributed by atoms with E-state index in [4.69, 9.17) is 4.74 Å². The van der Waals surface area contributed by atoms with Crippen LogP contribution in [0.5, 0.6) is 0 Å². The molecule has 35 heavy (non-hydrogen) atoms. The molecule has 5 atom stereocenters. The van der Waals surface area contributed by atoms with E-state index in [1.165, 1.54) is 27.2 Å². The van der Waals surface area contributed by atoms with Crippen LogP contribution in [0, 0.1) is 17.8 Å². The molecule has 2 saturated carbocycles. The van der Waals surface area contributed by atoms with Gasteiger partial charge in [-0.1, -0.05) is 55.5 Å². The van der Waals surface area contributed by atoms with E-state index in [-0.39, 0.29) is 36.3 Å². The molecule has 3 aliphatic carbocycles. The fraction of sp³-hybridized carbons (Fsp3) is 0.464. The van der Waals surface area contributed by atoms with Gasteiger partial charge in [0.2, 0.25) is 5.91 Å². The number of rotatable bonds is 7. The first-order valence-electron chi connectivity index (χ1n) is 12.5. The Kier molecular flexibility index (Phi) is 6.26. The zero-order chi connectivity index (χ0) is 24.7. The first-order valence-corrected chi connectivity index (χ1v) is 12.5. The van der Waals surface area contributed by atoms with E-state index in [0.29, 0.717) is 18.8 Å². The molecule has 0 spiro atoms. The number of nitrogens with one attached hydrogen (secondary N) is 1. The molecule has 0 bridgehead atoms. The lowest BCUT2D eigenvalue weighted by Crippen LogP contribution is -2.50. The van der Waals surface area contributed by atoms with E-state index in [9.17, 15) is 19.5 Å². The molecule has 7 nitrogen and oxygen atoms in total. The molecule has 5 rings (SSSR count). The van der Waals surface area contributed by atoms with Crippen LogP contribution in [0.15, 0.2) is 48.5 Å². The van der Waals surface area contributed by atoms with E-state index < -0.39 is 18.1 Å². The SMILES string of the molecule is CCC(C(=O)O)N(C)C(=O)C1C[C@H]2C[C@@H](NC(=O)OCC3c4ccccc4-c4ccccc43)[C@H]2C1. The minimum Gasteiger partial charge on any atom is -0.480 e. The van der Waals surface area contributed by atoms with E-state index >= 15 is 0 Å². The van der Waals surface area contributed by atoms with Crippen LogP contribution in [0.3, 0.4) is 0 Å². The maximum atomic E-state index is 12.9. The molecule has 2 amide bonds. The fourth-order valence-electron chi connectivity index (χ4n) is 6.44. The van der Waals surface area contributed by atoms with Crippen LogP contribution >= 0.6 is 0 Å². The number of carbonyl (C=O) groups is 3. The molecule has 3 aliphatic rings. The number of benzene rings is 2. The summed E-state index contributed by atoms with van der Waals surface area (Å²) in [6.45, 7) is 2.05. The second-order valence-corrected chi connectivity index (χ2v) is 10.1. The molecule has 7 heteroatoms. The molecule has 0 heterocycles. The number of alkyl carbamates (subject to hydrolysis) is 1. The molecule has 0 aliphatic heterocycles. The topological polar surface area (TPSA) is 95.9 Å². The lowest BCUT2D eigenvalue weighted by molar-refractivity contribution is -0.150. The van der Waals surface area contributed by atoms with Crippen molar-refractivity contribution in [1.82, 2.24) is 10.2 Å². The van der Waals surface area contributed by atoms with Crippen molar-refractivity contribution in [2.24, 2.45) is 17.8 Å². The number of carboxylic acids is 1. The van der Waals surface area contributed by atoms with Crippen molar-refractivity contribution >= 4 is 18.0 Å². The smallest absolute Gasteiger partial charge is 0.407 e. The summed E-state index contributed by atoms with van der Waals surface area (Å²) < 4.78 is 5.69. The van der Waals surface area contributed by atoms with E-state index in [2.05, 4.69) is 29.6 Å². The van der Waals surface area contributed by atoms with Crippen molar-refractivity contribution in [3.63, 3.8) is 0 Å². The summed E-state index contributed by atoms with van der Waals surface area (Å²) in [5, 5.41) is 12.4. The van der Waals surface area contributed by atoms with Crippen molar-refractivity contribution < 1.29 is 24.2 Å². The number of ether oxygens (including phenoxy) is 1. The highest BCUT2D eigenvalue weighted by molar-refractivity contribution is 5.85. The predicted molar refractivity (Wildman–Crippen MR) is 131 cm³/mol. The first-order chi connectivity index (χ1) is 16.9. The maximum Gasteiger partial charge on any atom is 0.407 e. The maximum absolute atomic E-state index is 12.9. The van der Waals surface area contributed by atoms with Crippen LogP contribution in [0.25, 0.3) is 11.1 Å². The van der Waals surface area contributed by atoms with Crippen molar-refractivity contribution in [1.29, 1.82) is 0 Å². The lowest BCUT2D eigenvalue weighted by atomic mass is 9.71. The number of likely N-dealkylation sites (N-methyl/N-ethyl adjacent to an activating group) is 1. The van der Waals surface area contributed by atoms with Gasteiger partial charge < -0.3 is 20.1 Å². The number of hydrogen-bond acceptors (Lipinski definition) is 4. The van der Waals surface area contributed by atoms with E-state index in [1.807, 2.05) is 24.3 Å². The third-order valence-corrected chi connectivity index (χ3v) is 8.31. The van der Waals surface area contributed by atoms with Gasteiger partial charge in [-0.25, -0.2) is 9.59 Å². The molecule has 2 N–H and O–H groups in total. The molecular weight excluding hydrogens is 444 g/mol. The summed E-state index contributed by atoms with van der Waals surface area (Å²) in [6.07, 6.45) is 2.23. The Bertz CT molecular complexity index is 1100. The molecule has 2 fully saturated rings. The monoisotopic (exact) mass is 476 g/mol. The third-order valence-electron chi connectivity index (χ3n) is 8.31. The van der Waals surface area contributed by atoms with Gasteiger partial charge >= 0.3 is 12.1 Å². The van der Waals surface area contributed by atoms with Gasteiger partial charge in [0, 0.05) is 24.9 Å². The largest absolute Gasteiger partial charge is 0.480 e.